The molecular formula is C27H44. The van der Waals surface area contributed by atoms with E-state index in [1.54, 1.807) is 5.57 Å². The molecule has 152 valence electrons. The van der Waals surface area contributed by atoms with Gasteiger partial charge in [0.2, 0.25) is 0 Å². The van der Waals surface area contributed by atoms with Crippen molar-refractivity contribution in [3.05, 3.63) is 47.6 Å². The van der Waals surface area contributed by atoms with Crippen molar-refractivity contribution in [1.29, 1.82) is 0 Å². The van der Waals surface area contributed by atoms with Crippen LogP contribution >= 0.6 is 0 Å². The summed E-state index contributed by atoms with van der Waals surface area (Å²) in [5.41, 5.74) is 3.41. The Morgan fingerprint density at radius 3 is 2.48 bits per heavy atom. The van der Waals surface area contributed by atoms with Crippen LogP contribution in [-0.4, -0.2) is 0 Å². The summed E-state index contributed by atoms with van der Waals surface area (Å²) in [6.07, 6.45) is 22.6. The molecule has 4 unspecified atom stereocenters. The minimum atomic E-state index is 0.273. The minimum absolute atomic E-state index is 0.273. The van der Waals surface area contributed by atoms with Gasteiger partial charge in [0.25, 0.3) is 0 Å². The predicted molar refractivity (Wildman–Crippen MR) is 122 cm³/mol. The second-order valence-electron chi connectivity index (χ2n) is 10.4. The van der Waals surface area contributed by atoms with Gasteiger partial charge in [-0.05, 0) is 86.0 Å². The first-order chi connectivity index (χ1) is 12.7. The molecule has 4 atom stereocenters. The average molecular weight is 369 g/mol. The van der Waals surface area contributed by atoms with Crippen molar-refractivity contribution in [2.24, 2.45) is 35.0 Å². The highest BCUT2D eigenvalue weighted by atomic mass is 14.3. The van der Waals surface area contributed by atoms with E-state index in [4.69, 9.17) is 0 Å². The van der Waals surface area contributed by atoms with E-state index in [2.05, 4.69) is 84.9 Å². The van der Waals surface area contributed by atoms with Crippen LogP contribution in [-0.2, 0) is 0 Å². The van der Waals surface area contributed by atoms with Gasteiger partial charge in [-0.3, -0.25) is 0 Å². The summed E-state index contributed by atoms with van der Waals surface area (Å²) in [5.74, 6) is 3.81. The average Bonchev–Trinajstić information content (AvgIpc) is 2.60. The number of allylic oxidation sites excluding steroid dienone is 8. The van der Waals surface area contributed by atoms with Gasteiger partial charge in [0.15, 0.2) is 0 Å². The highest BCUT2D eigenvalue weighted by Gasteiger charge is 2.26. The molecule has 0 saturated carbocycles. The Morgan fingerprint density at radius 2 is 1.93 bits per heavy atom. The maximum Gasteiger partial charge on any atom is -0.0133 e. The number of rotatable bonds is 7. The zero-order chi connectivity index (χ0) is 20.0. The van der Waals surface area contributed by atoms with E-state index in [1.165, 1.54) is 44.1 Å². The third kappa shape index (κ3) is 6.51. The molecule has 2 aliphatic rings. The van der Waals surface area contributed by atoms with Gasteiger partial charge in [-0.15, -0.1) is 0 Å². The lowest BCUT2D eigenvalue weighted by Crippen LogP contribution is -2.21. The fourth-order valence-corrected chi connectivity index (χ4v) is 5.01. The molecule has 0 heterocycles. The van der Waals surface area contributed by atoms with Crippen LogP contribution in [0.1, 0.15) is 87.0 Å². The SMILES string of the molecule is CCC(/C=C\CC1C(C)=CCCC1CC(C)C)C1C=CC(C(C)(C)C)=CC1. The van der Waals surface area contributed by atoms with E-state index in [0.29, 0.717) is 11.8 Å². The van der Waals surface area contributed by atoms with E-state index < -0.39 is 0 Å². The molecule has 0 amide bonds. The van der Waals surface area contributed by atoms with Gasteiger partial charge in [-0.2, -0.15) is 0 Å². The molecule has 0 aromatic heterocycles. The molecule has 0 radical (unpaired) electrons. The van der Waals surface area contributed by atoms with Crippen molar-refractivity contribution >= 4 is 0 Å². The maximum absolute atomic E-state index is 2.54. The van der Waals surface area contributed by atoms with Crippen LogP contribution in [0.3, 0.4) is 0 Å². The summed E-state index contributed by atoms with van der Waals surface area (Å²) in [7, 11) is 0. The second-order valence-corrected chi connectivity index (χ2v) is 10.4. The molecule has 0 heteroatoms. The first-order valence-corrected chi connectivity index (χ1v) is 11.4. The minimum Gasteiger partial charge on any atom is -0.0876 e. The van der Waals surface area contributed by atoms with E-state index in [-0.39, 0.29) is 5.41 Å². The third-order valence-electron chi connectivity index (χ3n) is 6.73. The zero-order valence-corrected chi connectivity index (χ0v) is 19.1. The monoisotopic (exact) mass is 368 g/mol. The van der Waals surface area contributed by atoms with Crippen LogP contribution < -0.4 is 0 Å². The highest BCUT2D eigenvalue weighted by Crippen LogP contribution is 2.38. The van der Waals surface area contributed by atoms with Crippen LogP contribution in [0.2, 0.25) is 0 Å². The fourth-order valence-electron chi connectivity index (χ4n) is 5.01. The summed E-state index contributed by atoms with van der Waals surface area (Å²) in [6.45, 7) is 16.4. The topological polar surface area (TPSA) is 0 Å². The summed E-state index contributed by atoms with van der Waals surface area (Å²) in [5, 5.41) is 0. The van der Waals surface area contributed by atoms with Gasteiger partial charge in [0, 0.05) is 0 Å². The molecular weight excluding hydrogens is 324 g/mol. The zero-order valence-electron chi connectivity index (χ0n) is 19.1. The highest BCUT2D eigenvalue weighted by molar-refractivity contribution is 5.29. The normalized spacial score (nSPS) is 27.8. The van der Waals surface area contributed by atoms with Gasteiger partial charge in [-0.25, -0.2) is 0 Å². The molecule has 0 saturated heterocycles. The van der Waals surface area contributed by atoms with Crippen molar-refractivity contribution in [2.75, 3.05) is 0 Å². The largest absolute Gasteiger partial charge is 0.0876 e. The Labute approximate surface area is 169 Å². The Hall–Kier alpha value is -1.04. The lowest BCUT2D eigenvalue weighted by atomic mass is 9.73. The Balaban J connectivity index is 1.97. The summed E-state index contributed by atoms with van der Waals surface area (Å²) < 4.78 is 0. The fraction of sp³-hybridized carbons (Fsp3) is 0.704. The van der Waals surface area contributed by atoms with E-state index >= 15 is 0 Å². The lowest BCUT2D eigenvalue weighted by molar-refractivity contribution is 0.285. The molecule has 27 heavy (non-hydrogen) atoms. The first-order valence-electron chi connectivity index (χ1n) is 11.4. The van der Waals surface area contributed by atoms with Crippen molar-refractivity contribution in [2.45, 2.75) is 87.0 Å². The first kappa shape index (κ1) is 22.3. The second kappa shape index (κ2) is 9.94. The van der Waals surface area contributed by atoms with Crippen LogP contribution in [0.4, 0.5) is 0 Å². The molecule has 2 rings (SSSR count). The van der Waals surface area contributed by atoms with Crippen molar-refractivity contribution in [1.82, 2.24) is 0 Å². The van der Waals surface area contributed by atoms with Gasteiger partial charge in [0.05, 0.1) is 0 Å². The Bertz CT molecular complexity index is 576. The van der Waals surface area contributed by atoms with Crippen LogP contribution in [0.15, 0.2) is 47.6 Å². The molecule has 2 aliphatic carbocycles. The summed E-state index contributed by atoms with van der Waals surface area (Å²) in [4.78, 5) is 0. The number of hydrogen-bond donors (Lipinski definition) is 0. The molecule has 0 aromatic rings. The third-order valence-corrected chi connectivity index (χ3v) is 6.73. The van der Waals surface area contributed by atoms with E-state index in [1.807, 2.05) is 0 Å². The summed E-state index contributed by atoms with van der Waals surface area (Å²) in [6, 6.07) is 0. The Kier molecular flexibility index (Phi) is 8.20. The van der Waals surface area contributed by atoms with Crippen molar-refractivity contribution < 1.29 is 0 Å². The van der Waals surface area contributed by atoms with Gasteiger partial charge < -0.3 is 0 Å². The standard InChI is InChI=1S/C27H44/c1-8-22(23-15-17-25(18-16-23)27(5,6)7)12-10-14-26-21(4)11-9-13-24(26)19-20(2)3/h10-12,15,17-18,20,22-24,26H,8-9,13-14,16,19H2,1-7H3/b12-10-. The van der Waals surface area contributed by atoms with Crippen molar-refractivity contribution in [3.8, 4) is 0 Å². The van der Waals surface area contributed by atoms with E-state index in [9.17, 15) is 0 Å². The molecule has 0 nitrogen and oxygen atoms in total. The van der Waals surface area contributed by atoms with Crippen LogP contribution in [0.5, 0.6) is 0 Å². The molecule has 0 bridgehead atoms. The van der Waals surface area contributed by atoms with Gasteiger partial charge in [0.1, 0.15) is 0 Å². The van der Waals surface area contributed by atoms with Crippen LogP contribution in [0, 0.1) is 35.0 Å². The lowest BCUT2D eigenvalue weighted by Gasteiger charge is -2.32. The smallest absolute Gasteiger partial charge is 0.0133 e. The van der Waals surface area contributed by atoms with Gasteiger partial charge >= 0.3 is 0 Å². The molecule has 0 spiro atoms. The summed E-state index contributed by atoms with van der Waals surface area (Å²) >= 11 is 0. The maximum atomic E-state index is 2.54. The van der Waals surface area contributed by atoms with Crippen molar-refractivity contribution in [3.63, 3.8) is 0 Å². The van der Waals surface area contributed by atoms with E-state index in [0.717, 1.165) is 17.8 Å². The van der Waals surface area contributed by atoms with Gasteiger partial charge in [-0.1, -0.05) is 83.6 Å². The number of hydrogen-bond acceptors (Lipinski definition) is 0. The molecule has 0 N–H and O–H groups in total. The predicted octanol–water partition coefficient (Wildman–Crippen LogP) is 8.53. The quantitative estimate of drug-likeness (QED) is 0.395. The molecule has 0 fully saturated rings. The van der Waals surface area contributed by atoms with Crippen LogP contribution in [0.25, 0.3) is 0 Å². The molecule has 0 aromatic carbocycles. The Morgan fingerprint density at radius 1 is 1.19 bits per heavy atom. The molecule has 0 aliphatic heterocycles.